The second-order valence-electron chi connectivity index (χ2n) is 6.38. The van der Waals surface area contributed by atoms with Crippen molar-refractivity contribution in [3.63, 3.8) is 0 Å². The van der Waals surface area contributed by atoms with Crippen LogP contribution in [0, 0.1) is 0 Å². The molecule has 1 aromatic carbocycles. The maximum Gasteiger partial charge on any atom is 0.329 e. The second-order valence-corrected chi connectivity index (χ2v) is 7.38. The zero-order valence-corrected chi connectivity index (χ0v) is 17.4. The predicted octanol–water partition coefficient (Wildman–Crippen LogP) is 1.95. The van der Waals surface area contributed by atoms with E-state index in [9.17, 15) is 9.90 Å². The third-order valence-corrected chi connectivity index (χ3v) is 5.26. The van der Waals surface area contributed by atoms with E-state index < -0.39 is 12.0 Å². The molecule has 30 heavy (non-hydrogen) atoms. The normalized spacial score (nSPS) is 16.0. The number of thioether (sulfide) groups is 1. The van der Waals surface area contributed by atoms with Crippen LogP contribution < -0.4 is 4.74 Å². The molecule has 0 bridgehead atoms. The first-order valence-electron chi connectivity index (χ1n) is 9.43. The van der Waals surface area contributed by atoms with Crippen molar-refractivity contribution in [2.45, 2.75) is 6.04 Å². The van der Waals surface area contributed by atoms with Crippen molar-refractivity contribution >= 4 is 33.7 Å². The molecule has 0 amide bonds. The first-order valence-corrected chi connectivity index (χ1v) is 10.4. The summed E-state index contributed by atoms with van der Waals surface area (Å²) >= 11 is 1.27. The maximum atomic E-state index is 11.1. The molecule has 0 radical (unpaired) electrons. The van der Waals surface area contributed by atoms with Gasteiger partial charge in [-0.3, -0.25) is 4.99 Å². The number of fused-ring (bicyclic) bond motifs is 1. The molecule has 0 saturated heterocycles. The van der Waals surface area contributed by atoms with E-state index in [1.165, 1.54) is 11.8 Å². The molecule has 1 aromatic heterocycles. The largest absolute Gasteiger partial charge is 0.506 e. The molecule has 1 atom stereocenters. The Morgan fingerprint density at radius 3 is 2.57 bits per heavy atom. The zero-order valence-electron chi connectivity index (χ0n) is 16.6. The number of hydrogen-bond donors (Lipinski definition) is 2. The number of carboxylic acids is 1. The van der Waals surface area contributed by atoms with Crippen LogP contribution in [0.5, 0.6) is 11.5 Å². The molecule has 0 aliphatic carbocycles. The molecular formula is C20H24N2O7S. The van der Waals surface area contributed by atoms with Crippen molar-refractivity contribution in [1.82, 2.24) is 4.98 Å². The van der Waals surface area contributed by atoms with E-state index in [2.05, 4.69) is 9.98 Å². The van der Waals surface area contributed by atoms with Gasteiger partial charge in [-0.15, -0.1) is 11.8 Å². The average Bonchev–Trinajstić information content (AvgIpc) is 3.22. The highest BCUT2D eigenvalue weighted by Gasteiger charge is 2.27. The third-order valence-electron chi connectivity index (χ3n) is 4.20. The fraction of sp³-hybridized carbons (Fsp3) is 0.450. The molecule has 2 N–H and O–H groups in total. The standard InChI is InChI=1S/C20H24N2O7S/c1-26-4-5-27-6-7-28-8-9-29-14-2-3-15-13(10-14)11-17(23)18(21-15)19-22-16(12-30-19)20(24)25/h2-3,10-11,16,23H,4-9,12H2,1H3,(H,24,25)/t16-/m1/s1. The number of benzene rings is 1. The minimum atomic E-state index is -0.984. The number of pyridine rings is 1. The lowest BCUT2D eigenvalue weighted by Gasteiger charge is -2.10. The van der Waals surface area contributed by atoms with Crippen LogP contribution in [0.25, 0.3) is 10.9 Å². The van der Waals surface area contributed by atoms with Gasteiger partial charge >= 0.3 is 5.97 Å². The SMILES string of the molecule is COCCOCCOCCOc1ccc2nc(C3=N[C@@H](C(=O)O)CS3)c(O)cc2c1. The summed E-state index contributed by atoms with van der Waals surface area (Å²) in [5, 5.41) is 20.6. The lowest BCUT2D eigenvalue weighted by molar-refractivity contribution is -0.137. The van der Waals surface area contributed by atoms with Crippen molar-refractivity contribution in [1.29, 1.82) is 0 Å². The van der Waals surface area contributed by atoms with Gasteiger partial charge in [0.25, 0.3) is 0 Å². The van der Waals surface area contributed by atoms with E-state index >= 15 is 0 Å². The maximum absolute atomic E-state index is 11.1. The predicted molar refractivity (Wildman–Crippen MR) is 113 cm³/mol. The molecule has 0 saturated carbocycles. The number of hydrogen-bond acceptors (Lipinski definition) is 9. The minimum absolute atomic E-state index is 0.0475. The number of aliphatic carboxylic acids is 1. The number of nitrogens with zero attached hydrogens (tertiary/aromatic N) is 2. The Labute approximate surface area is 178 Å². The Balaban J connectivity index is 1.53. The third kappa shape index (κ3) is 6.05. The summed E-state index contributed by atoms with van der Waals surface area (Å²) < 4.78 is 21.3. The van der Waals surface area contributed by atoms with Gasteiger partial charge in [-0.1, -0.05) is 0 Å². The topological polar surface area (TPSA) is 120 Å². The van der Waals surface area contributed by atoms with E-state index in [1.807, 2.05) is 0 Å². The summed E-state index contributed by atoms with van der Waals surface area (Å²) in [7, 11) is 1.63. The van der Waals surface area contributed by atoms with Crippen molar-refractivity contribution in [2.24, 2.45) is 4.99 Å². The van der Waals surface area contributed by atoms with Gasteiger partial charge in [0.1, 0.15) is 28.8 Å². The Morgan fingerprint density at radius 1 is 1.13 bits per heavy atom. The van der Waals surface area contributed by atoms with E-state index in [0.717, 1.165) is 0 Å². The number of carbonyl (C=O) groups is 1. The van der Waals surface area contributed by atoms with Gasteiger partial charge < -0.3 is 29.2 Å². The van der Waals surface area contributed by atoms with Gasteiger partial charge in [-0.2, -0.15) is 0 Å². The van der Waals surface area contributed by atoms with Gasteiger partial charge in [0, 0.05) is 18.2 Å². The molecule has 162 valence electrons. The number of aromatic hydroxyl groups is 1. The van der Waals surface area contributed by atoms with Gasteiger partial charge in [-0.25, -0.2) is 9.78 Å². The average molecular weight is 436 g/mol. The van der Waals surface area contributed by atoms with Crippen molar-refractivity contribution in [2.75, 3.05) is 52.5 Å². The number of carboxylic acid groups (broad SMARTS) is 1. The molecular weight excluding hydrogens is 412 g/mol. The number of aromatic nitrogens is 1. The lowest BCUT2D eigenvalue weighted by Crippen LogP contribution is -2.17. The number of methoxy groups -OCH3 is 1. The Kier molecular flexibility index (Phi) is 8.26. The molecule has 0 unspecified atom stereocenters. The molecule has 3 rings (SSSR count). The molecule has 0 spiro atoms. The highest BCUT2D eigenvalue weighted by molar-refractivity contribution is 8.14. The van der Waals surface area contributed by atoms with Crippen LogP contribution in [0.15, 0.2) is 29.3 Å². The summed E-state index contributed by atoms with van der Waals surface area (Å²) in [6.45, 7) is 2.90. The Bertz CT molecular complexity index is 906. The summed E-state index contributed by atoms with van der Waals surface area (Å²) in [6, 6.07) is 6.12. The monoisotopic (exact) mass is 436 g/mol. The number of ether oxygens (including phenoxy) is 4. The fourth-order valence-electron chi connectivity index (χ4n) is 2.70. The van der Waals surface area contributed by atoms with Crippen LogP contribution in [0.4, 0.5) is 0 Å². The summed E-state index contributed by atoms with van der Waals surface area (Å²) in [5.41, 5.74) is 0.952. The van der Waals surface area contributed by atoms with Crippen LogP contribution >= 0.6 is 11.8 Å². The summed E-state index contributed by atoms with van der Waals surface area (Å²) in [6.07, 6.45) is 0. The van der Waals surface area contributed by atoms with Crippen LogP contribution in [0.1, 0.15) is 5.69 Å². The quantitative estimate of drug-likeness (QED) is 0.481. The first kappa shape index (κ1) is 22.3. The smallest absolute Gasteiger partial charge is 0.329 e. The van der Waals surface area contributed by atoms with E-state index in [1.54, 1.807) is 31.4 Å². The van der Waals surface area contributed by atoms with Crippen LogP contribution in [-0.4, -0.2) is 84.8 Å². The minimum Gasteiger partial charge on any atom is -0.506 e. The lowest BCUT2D eigenvalue weighted by atomic mass is 10.2. The van der Waals surface area contributed by atoms with Gasteiger partial charge in [0.05, 0.1) is 38.6 Å². The molecule has 0 fully saturated rings. The second kappa shape index (κ2) is 11.1. The van der Waals surface area contributed by atoms with Crippen molar-refractivity contribution in [3.8, 4) is 11.5 Å². The molecule has 1 aliphatic heterocycles. The van der Waals surface area contributed by atoms with Crippen LogP contribution in [-0.2, 0) is 19.0 Å². The summed E-state index contributed by atoms with van der Waals surface area (Å²) in [5.74, 6) is -0.0661. The molecule has 10 heteroatoms. The van der Waals surface area contributed by atoms with Gasteiger partial charge in [-0.05, 0) is 24.3 Å². The molecule has 2 heterocycles. The van der Waals surface area contributed by atoms with Gasteiger partial charge in [0.15, 0.2) is 6.04 Å². The Hall–Kier alpha value is -2.40. The summed E-state index contributed by atoms with van der Waals surface area (Å²) in [4.78, 5) is 19.7. The van der Waals surface area contributed by atoms with E-state index in [-0.39, 0.29) is 5.75 Å². The number of aliphatic imine (C=N–C) groups is 1. The number of rotatable bonds is 12. The Morgan fingerprint density at radius 2 is 1.87 bits per heavy atom. The highest BCUT2D eigenvalue weighted by atomic mass is 32.2. The molecule has 2 aromatic rings. The van der Waals surface area contributed by atoms with E-state index in [0.29, 0.717) is 72.8 Å². The highest BCUT2D eigenvalue weighted by Crippen LogP contribution is 2.31. The van der Waals surface area contributed by atoms with Crippen molar-refractivity contribution < 1.29 is 34.0 Å². The zero-order chi connectivity index (χ0) is 21.3. The van der Waals surface area contributed by atoms with Gasteiger partial charge in [0.2, 0.25) is 0 Å². The van der Waals surface area contributed by atoms with Crippen molar-refractivity contribution in [3.05, 3.63) is 30.0 Å². The first-order chi connectivity index (χ1) is 14.6. The van der Waals surface area contributed by atoms with E-state index in [4.69, 9.17) is 24.1 Å². The van der Waals surface area contributed by atoms with Crippen LogP contribution in [0.2, 0.25) is 0 Å². The fourth-order valence-corrected chi connectivity index (χ4v) is 3.72. The molecule has 9 nitrogen and oxygen atoms in total. The van der Waals surface area contributed by atoms with Crippen LogP contribution in [0.3, 0.4) is 0 Å². The molecule has 1 aliphatic rings.